The summed E-state index contributed by atoms with van der Waals surface area (Å²) in [7, 11) is 0. The number of thioether (sulfide) groups is 1. The zero-order valence-corrected chi connectivity index (χ0v) is 23.3. The molecule has 0 radical (unpaired) electrons. The topological polar surface area (TPSA) is 52.8 Å². The summed E-state index contributed by atoms with van der Waals surface area (Å²) < 4.78 is 0. The molecule has 0 aromatic heterocycles. The second-order valence-corrected chi connectivity index (χ2v) is 11.7. The molecule has 1 aliphatic carbocycles. The van der Waals surface area contributed by atoms with Gasteiger partial charge in [0, 0.05) is 49.5 Å². The molecule has 1 saturated carbocycles. The Kier molecular flexibility index (Phi) is 10.00. The van der Waals surface area contributed by atoms with Gasteiger partial charge in [-0.15, -0.1) is 0 Å². The van der Waals surface area contributed by atoms with E-state index in [1.807, 2.05) is 40.9 Å². The summed E-state index contributed by atoms with van der Waals surface area (Å²) in [6.45, 7) is 7.80. The van der Waals surface area contributed by atoms with Crippen LogP contribution in [0.5, 0.6) is 0 Å². The predicted octanol–water partition coefficient (Wildman–Crippen LogP) is 5.08. The van der Waals surface area contributed by atoms with E-state index in [1.54, 1.807) is 0 Å². The van der Waals surface area contributed by atoms with Crippen molar-refractivity contribution in [2.24, 2.45) is 11.7 Å². The van der Waals surface area contributed by atoms with Gasteiger partial charge in [-0.05, 0) is 86.4 Å². The zero-order valence-electron chi connectivity index (χ0n) is 21.7. The summed E-state index contributed by atoms with van der Waals surface area (Å²) in [5, 5.41) is 0.694. The Bertz CT molecular complexity index is 975. The molecule has 4 rings (SSSR count). The number of carbonyl (C=O) groups excluding carboxylic acids is 1. The molecular weight excluding hydrogens is 488 g/mol. The molecular formula is C29H41ClN4OS. The molecule has 0 spiro atoms. The number of benzene rings is 2. The fourth-order valence-corrected chi connectivity index (χ4v) is 5.72. The van der Waals surface area contributed by atoms with E-state index in [0.717, 1.165) is 31.1 Å². The van der Waals surface area contributed by atoms with E-state index in [4.69, 9.17) is 17.3 Å². The van der Waals surface area contributed by atoms with Gasteiger partial charge in [-0.2, -0.15) is 11.8 Å². The van der Waals surface area contributed by atoms with Crippen LogP contribution in [-0.4, -0.2) is 73.0 Å². The summed E-state index contributed by atoms with van der Waals surface area (Å²) in [6, 6.07) is 16.3. The third-order valence-electron chi connectivity index (χ3n) is 7.54. The number of nitrogens with two attached hydrogens (primary N) is 1. The van der Waals surface area contributed by atoms with E-state index >= 15 is 0 Å². The number of hydrogen-bond donors (Lipinski definition) is 1. The maximum absolute atomic E-state index is 13.1. The first-order valence-corrected chi connectivity index (χ1v) is 15.1. The van der Waals surface area contributed by atoms with Crippen molar-refractivity contribution in [1.82, 2.24) is 9.80 Å². The van der Waals surface area contributed by atoms with Crippen molar-refractivity contribution in [3.63, 3.8) is 0 Å². The first kappa shape index (κ1) is 27.3. The van der Waals surface area contributed by atoms with E-state index in [2.05, 4.69) is 47.2 Å². The number of halogens is 1. The molecule has 2 aliphatic rings. The van der Waals surface area contributed by atoms with Gasteiger partial charge in [0.1, 0.15) is 0 Å². The van der Waals surface area contributed by atoms with E-state index in [9.17, 15) is 4.79 Å². The van der Waals surface area contributed by atoms with Crippen LogP contribution in [-0.2, 0) is 11.2 Å². The molecule has 2 N–H and O–H groups in total. The van der Waals surface area contributed by atoms with Gasteiger partial charge in [-0.3, -0.25) is 9.69 Å². The maximum Gasteiger partial charge on any atom is 0.239 e. The van der Waals surface area contributed by atoms with Crippen LogP contribution in [0.15, 0.2) is 48.5 Å². The Morgan fingerprint density at radius 2 is 1.81 bits per heavy atom. The lowest BCUT2D eigenvalue weighted by Crippen LogP contribution is -2.54. The Morgan fingerprint density at radius 3 is 2.47 bits per heavy atom. The predicted molar refractivity (Wildman–Crippen MR) is 154 cm³/mol. The number of para-hydroxylation sites is 1. The van der Waals surface area contributed by atoms with Gasteiger partial charge >= 0.3 is 0 Å². The van der Waals surface area contributed by atoms with Gasteiger partial charge in [0.25, 0.3) is 0 Å². The van der Waals surface area contributed by atoms with Crippen molar-refractivity contribution < 1.29 is 4.79 Å². The lowest BCUT2D eigenvalue weighted by atomic mass is 10.0. The van der Waals surface area contributed by atoms with Crippen LogP contribution in [0.2, 0.25) is 5.02 Å². The Morgan fingerprint density at radius 1 is 1.11 bits per heavy atom. The van der Waals surface area contributed by atoms with Gasteiger partial charge in [0.15, 0.2) is 0 Å². The van der Waals surface area contributed by atoms with E-state index in [0.29, 0.717) is 30.6 Å². The quantitative estimate of drug-likeness (QED) is 0.389. The molecule has 196 valence electrons. The van der Waals surface area contributed by atoms with Crippen LogP contribution in [0.4, 0.5) is 5.69 Å². The molecule has 1 heterocycles. The average molecular weight is 529 g/mol. The molecule has 2 aromatic rings. The number of hydrogen-bond acceptors (Lipinski definition) is 5. The summed E-state index contributed by atoms with van der Waals surface area (Å²) in [4.78, 5) is 20.1. The Hall–Kier alpha value is -1.73. The second-order valence-electron chi connectivity index (χ2n) is 10.3. The minimum absolute atomic E-state index is 0.0376. The third-order valence-corrected chi connectivity index (χ3v) is 8.48. The highest BCUT2D eigenvalue weighted by Crippen LogP contribution is 2.36. The molecule has 2 unspecified atom stereocenters. The lowest BCUT2D eigenvalue weighted by molar-refractivity contribution is -0.132. The van der Waals surface area contributed by atoms with Crippen molar-refractivity contribution in [2.45, 2.75) is 44.7 Å². The standard InChI is InChI=1S/C29H41ClN4OS/c1-22(34(14-5-19-36-2)21-24-8-9-24)26-6-3-4-7-28(26)32-15-17-33(18-16-32)29(35)27(31)20-23-10-12-25(30)13-11-23/h3-4,6-7,10-13,22,24,27H,5,8-9,14-21,31H2,1-2H3. The van der Waals surface area contributed by atoms with Crippen molar-refractivity contribution in [2.75, 3.05) is 56.2 Å². The monoisotopic (exact) mass is 528 g/mol. The first-order valence-electron chi connectivity index (χ1n) is 13.3. The molecule has 0 bridgehead atoms. The highest BCUT2D eigenvalue weighted by molar-refractivity contribution is 7.98. The SMILES string of the molecule is CSCCCN(CC1CC1)C(C)c1ccccc1N1CCN(C(=O)C(N)Cc2ccc(Cl)cc2)CC1. The van der Waals surface area contributed by atoms with E-state index in [1.165, 1.54) is 42.8 Å². The van der Waals surface area contributed by atoms with E-state index < -0.39 is 6.04 Å². The molecule has 1 amide bonds. The third kappa shape index (κ3) is 7.41. The first-order chi connectivity index (χ1) is 17.5. The van der Waals surface area contributed by atoms with Crippen LogP contribution in [0.1, 0.15) is 43.4 Å². The molecule has 2 atom stereocenters. The summed E-state index contributed by atoms with van der Waals surface area (Å²) in [5.74, 6) is 2.13. The van der Waals surface area contributed by atoms with Gasteiger partial charge in [-0.1, -0.05) is 41.9 Å². The molecule has 2 aromatic carbocycles. The van der Waals surface area contributed by atoms with Crippen LogP contribution in [0, 0.1) is 5.92 Å². The zero-order chi connectivity index (χ0) is 25.5. The summed E-state index contributed by atoms with van der Waals surface area (Å²) in [6.07, 6.45) is 6.72. The highest BCUT2D eigenvalue weighted by Gasteiger charge is 2.30. The normalized spacial score (nSPS) is 17.9. The van der Waals surface area contributed by atoms with Crippen molar-refractivity contribution >= 4 is 35.0 Å². The fourth-order valence-electron chi connectivity index (χ4n) is 5.18. The number of anilines is 1. The minimum atomic E-state index is -0.526. The van der Waals surface area contributed by atoms with Gasteiger partial charge < -0.3 is 15.5 Å². The second kappa shape index (κ2) is 13.2. The molecule has 1 saturated heterocycles. The smallest absolute Gasteiger partial charge is 0.239 e. The fraction of sp³-hybridized carbons (Fsp3) is 0.552. The molecule has 7 heteroatoms. The number of piperazine rings is 1. The Balaban J connectivity index is 1.37. The number of carbonyl (C=O) groups is 1. The summed E-state index contributed by atoms with van der Waals surface area (Å²) >= 11 is 7.92. The van der Waals surface area contributed by atoms with Crippen molar-refractivity contribution in [3.8, 4) is 0 Å². The summed E-state index contributed by atoms with van der Waals surface area (Å²) in [5.41, 5.74) is 10.1. The van der Waals surface area contributed by atoms with Gasteiger partial charge in [0.05, 0.1) is 6.04 Å². The highest BCUT2D eigenvalue weighted by atomic mass is 35.5. The molecule has 1 aliphatic heterocycles. The van der Waals surface area contributed by atoms with Crippen molar-refractivity contribution in [3.05, 3.63) is 64.7 Å². The van der Waals surface area contributed by atoms with Gasteiger partial charge in [0.2, 0.25) is 5.91 Å². The molecule has 2 fully saturated rings. The molecule has 36 heavy (non-hydrogen) atoms. The number of rotatable bonds is 12. The number of amides is 1. The Labute approximate surface area is 226 Å². The van der Waals surface area contributed by atoms with Crippen LogP contribution in [0.3, 0.4) is 0 Å². The molecule has 5 nitrogen and oxygen atoms in total. The van der Waals surface area contributed by atoms with Crippen molar-refractivity contribution in [1.29, 1.82) is 0 Å². The van der Waals surface area contributed by atoms with Gasteiger partial charge in [-0.25, -0.2) is 0 Å². The van der Waals surface area contributed by atoms with E-state index in [-0.39, 0.29) is 5.91 Å². The number of nitrogens with zero attached hydrogens (tertiary/aromatic N) is 3. The van der Waals surface area contributed by atoms with Crippen LogP contribution >= 0.6 is 23.4 Å². The average Bonchev–Trinajstić information content (AvgIpc) is 3.73. The lowest BCUT2D eigenvalue weighted by Gasteiger charge is -2.39. The van der Waals surface area contributed by atoms with Crippen LogP contribution in [0.25, 0.3) is 0 Å². The largest absolute Gasteiger partial charge is 0.368 e. The minimum Gasteiger partial charge on any atom is -0.368 e. The maximum atomic E-state index is 13.1. The van der Waals surface area contributed by atoms with Crippen LogP contribution < -0.4 is 10.6 Å².